The van der Waals surface area contributed by atoms with Crippen molar-refractivity contribution in [2.24, 2.45) is 0 Å². The fourth-order valence-corrected chi connectivity index (χ4v) is 2.67. The van der Waals surface area contributed by atoms with E-state index in [9.17, 15) is 9.59 Å². The van der Waals surface area contributed by atoms with Gasteiger partial charge >= 0.3 is 12.1 Å². The van der Waals surface area contributed by atoms with Crippen molar-refractivity contribution in [1.82, 2.24) is 4.90 Å². The molecule has 0 radical (unpaired) electrons. The third-order valence-electron chi connectivity index (χ3n) is 3.44. The van der Waals surface area contributed by atoms with Crippen LogP contribution in [0.15, 0.2) is 22.7 Å². The second-order valence-electron chi connectivity index (χ2n) is 6.59. The van der Waals surface area contributed by atoms with Gasteiger partial charge in [0.2, 0.25) is 0 Å². The first-order valence-corrected chi connectivity index (χ1v) is 8.51. The number of methoxy groups -OCH3 is 1. The molecule has 1 atom stereocenters. The Hall–Kier alpha value is -1.76. The van der Waals surface area contributed by atoms with Crippen LogP contribution in [0.1, 0.15) is 37.6 Å². The second-order valence-corrected chi connectivity index (χ2v) is 7.45. The highest BCUT2D eigenvalue weighted by molar-refractivity contribution is 9.10. The van der Waals surface area contributed by atoms with Crippen LogP contribution < -0.4 is 4.74 Å². The van der Waals surface area contributed by atoms with Crippen LogP contribution in [0.2, 0.25) is 0 Å². The molecule has 0 N–H and O–H groups in total. The van der Waals surface area contributed by atoms with E-state index in [0.717, 1.165) is 4.47 Å². The van der Waals surface area contributed by atoms with Crippen molar-refractivity contribution >= 4 is 28.0 Å². The number of hydrogen-bond acceptors (Lipinski definition) is 5. The van der Waals surface area contributed by atoms with E-state index in [1.165, 1.54) is 7.11 Å². The fourth-order valence-electron chi connectivity index (χ4n) is 2.33. The lowest BCUT2D eigenvalue weighted by atomic mass is 10.2. The summed E-state index contributed by atoms with van der Waals surface area (Å²) < 4.78 is 16.8. The lowest BCUT2D eigenvalue weighted by molar-refractivity contribution is 0.0275. The Balaban J connectivity index is 2.00. The van der Waals surface area contributed by atoms with Gasteiger partial charge in [-0.25, -0.2) is 9.59 Å². The molecule has 0 aliphatic carbocycles. The highest BCUT2D eigenvalue weighted by Crippen LogP contribution is 2.29. The van der Waals surface area contributed by atoms with E-state index in [1.54, 1.807) is 23.1 Å². The molecule has 1 aliphatic heterocycles. The number of ether oxygens (including phenoxy) is 3. The summed E-state index contributed by atoms with van der Waals surface area (Å²) in [5, 5.41) is 0. The quantitative estimate of drug-likeness (QED) is 0.726. The molecule has 1 unspecified atom stereocenters. The van der Waals surface area contributed by atoms with Crippen LogP contribution in [-0.2, 0) is 9.47 Å². The van der Waals surface area contributed by atoms with E-state index in [2.05, 4.69) is 15.9 Å². The summed E-state index contributed by atoms with van der Waals surface area (Å²) in [6.45, 7) is 6.54. The predicted molar refractivity (Wildman–Crippen MR) is 92.3 cm³/mol. The van der Waals surface area contributed by atoms with E-state index in [1.807, 2.05) is 20.8 Å². The molecule has 1 saturated heterocycles. The van der Waals surface area contributed by atoms with Crippen molar-refractivity contribution in [3.05, 3.63) is 28.2 Å². The van der Waals surface area contributed by atoms with Crippen molar-refractivity contribution < 1.29 is 23.8 Å². The average molecular weight is 400 g/mol. The van der Waals surface area contributed by atoms with Gasteiger partial charge in [-0.05, 0) is 54.9 Å². The van der Waals surface area contributed by atoms with Crippen molar-refractivity contribution in [1.29, 1.82) is 0 Å². The van der Waals surface area contributed by atoms with E-state index in [4.69, 9.17) is 14.2 Å². The molecule has 6 nitrogen and oxygen atoms in total. The smallest absolute Gasteiger partial charge is 0.410 e. The van der Waals surface area contributed by atoms with E-state index in [0.29, 0.717) is 30.8 Å². The Labute approximate surface area is 150 Å². The Morgan fingerprint density at radius 1 is 1.29 bits per heavy atom. The highest BCUT2D eigenvalue weighted by Gasteiger charge is 2.31. The maximum absolute atomic E-state index is 12.1. The molecule has 1 aliphatic rings. The van der Waals surface area contributed by atoms with Crippen molar-refractivity contribution in [3.8, 4) is 5.75 Å². The summed E-state index contributed by atoms with van der Waals surface area (Å²) in [6, 6.07) is 5.03. The van der Waals surface area contributed by atoms with Crippen molar-refractivity contribution in [2.45, 2.75) is 38.9 Å². The highest BCUT2D eigenvalue weighted by atomic mass is 79.9. The van der Waals surface area contributed by atoms with Gasteiger partial charge in [-0.3, -0.25) is 0 Å². The first kappa shape index (κ1) is 18.6. The van der Waals surface area contributed by atoms with Crippen LogP contribution in [-0.4, -0.2) is 48.9 Å². The third kappa shape index (κ3) is 4.87. The molecule has 1 heterocycles. The minimum atomic E-state index is -0.520. The molecule has 1 aromatic carbocycles. The van der Waals surface area contributed by atoms with Crippen LogP contribution in [0.5, 0.6) is 5.75 Å². The van der Waals surface area contributed by atoms with Gasteiger partial charge in [0.05, 0.1) is 23.7 Å². The summed E-state index contributed by atoms with van der Waals surface area (Å²) in [4.78, 5) is 25.3. The SMILES string of the molecule is COC(=O)c1ccc(Br)c(OC2CCN(C(=O)OC(C)(C)C)C2)c1. The fraction of sp³-hybridized carbons (Fsp3) is 0.529. The number of esters is 1. The zero-order valence-corrected chi connectivity index (χ0v) is 15.9. The van der Waals surface area contributed by atoms with Gasteiger partial charge in [0.25, 0.3) is 0 Å². The standard InChI is InChI=1S/C17H22BrNO5/c1-17(2,3)24-16(21)19-8-7-12(10-19)23-14-9-11(15(20)22-4)5-6-13(14)18/h5-6,9,12H,7-8,10H2,1-4H3. The number of nitrogens with zero attached hydrogens (tertiary/aromatic N) is 1. The minimum Gasteiger partial charge on any atom is -0.487 e. The van der Waals surface area contributed by atoms with Crippen LogP contribution in [0, 0.1) is 0 Å². The lowest BCUT2D eigenvalue weighted by Crippen LogP contribution is -2.36. The zero-order chi connectivity index (χ0) is 17.9. The van der Waals surface area contributed by atoms with Crippen LogP contribution in [0.3, 0.4) is 0 Å². The van der Waals surface area contributed by atoms with Gasteiger partial charge in [0, 0.05) is 13.0 Å². The Morgan fingerprint density at radius 2 is 2.00 bits per heavy atom. The summed E-state index contributed by atoms with van der Waals surface area (Å²) in [5.74, 6) is 0.128. The van der Waals surface area contributed by atoms with Crippen molar-refractivity contribution in [3.63, 3.8) is 0 Å². The predicted octanol–water partition coefficient (Wildman–Crippen LogP) is 3.62. The second kappa shape index (κ2) is 7.42. The number of carbonyl (C=O) groups is 2. The number of carbonyl (C=O) groups excluding carboxylic acids is 2. The average Bonchev–Trinajstić information content (AvgIpc) is 2.96. The molecule has 24 heavy (non-hydrogen) atoms. The van der Waals surface area contributed by atoms with Gasteiger partial charge in [0.1, 0.15) is 17.5 Å². The molecule has 1 aromatic rings. The summed E-state index contributed by atoms with van der Waals surface area (Å²) in [6.07, 6.45) is 0.214. The monoisotopic (exact) mass is 399 g/mol. The van der Waals surface area contributed by atoms with E-state index in [-0.39, 0.29) is 12.2 Å². The van der Waals surface area contributed by atoms with Gasteiger partial charge in [-0.15, -0.1) is 0 Å². The molecule has 1 fully saturated rings. The summed E-state index contributed by atoms with van der Waals surface area (Å²) in [5.41, 5.74) is -0.105. The van der Waals surface area contributed by atoms with Gasteiger partial charge < -0.3 is 19.1 Å². The summed E-state index contributed by atoms with van der Waals surface area (Å²) in [7, 11) is 1.33. The number of rotatable bonds is 3. The molecule has 7 heteroatoms. The van der Waals surface area contributed by atoms with Crippen LogP contribution in [0.25, 0.3) is 0 Å². The molecule has 2 rings (SSSR count). The number of likely N-dealkylation sites (tertiary alicyclic amines) is 1. The van der Waals surface area contributed by atoms with E-state index >= 15 is 0 Å². The van der Waals surface area contributed by atoms with Crippen molar-refractivity contribution in [2.75, 3.05) is 20.2 Å². The normalized spacial score (nSPS) is 17.5. The number of benzene rings is 1. The number of amides is 1. The van der Waals surface area contributed by atoms with Crippen LogP contribution >= 0.6 is 15.9 Å². The number of halogens is 1. The maximum atomic E-state index is 12.1. The largest absolute Gasteiger partial charge is 0.487 e. The van der Waals surface area contributed by atoms with Gasteiger partial charge in [-0.1, -0.05) is 0 Å². The number of hydrogen-bond donors (Lipinski definition) is 0. The Kier molecular flexibility index (Phi) is 5.74. The topological polar surface area (TPSA) is 65.1 Å². The molecule has 0 spiro atoms. The van der Waals surface area contributed by atoms with Gasteiger partial charge in [0.15, 0.2) is 0 Å². The molecule has 0 bridgehead atoms. The first-order valence-electron chi connectivity index (χ1n) is 7.72. The lowest BCUT2D eigenvalue weighted by Gasteiger charge is -2.24. The molecular formula is C17H22BrNO5. The molecule has 0 aromatic heterocycles. The molecule has 0 saturated carbocycles. The first-order chi connectivity index (χ1) is 11.2. The zero-order valence-electron chi connectivity index (χ0n) is 14.3. The summed E-state index contributed by atoms with van der Waals surface area (Å²) >= 11 is 3.41. The maximum Gasteiger partial charge on any atom is 0.410 e. The third-order valence-corrected chi connectivity index (χ3v) is 4.10. The molecule has 132 valence electrons. The minimum absolute atomic E-state index is 0.151. The molecular weight excluding hydrogens is 378 g/mol. The van der Waals surface area contributed by atoms with Crippen LogP contribution in [0.4, 0.5) is 4.79 Å². The Bertz CT molecular complexity index is 626. The van der Waals surface area contributed by atoms with Gasteiger partial charge in [-0.2, -0.15) is 0 Å². The Morgan fingerprint density at radius 3 is 2.62 bits per heavy atom. The van der Waals surface area contributed by atoms with E-state index < -0.39 is 11.6 Å². The molecule has 1 amide bonds.